The first-order chi connectivity index (χ1) is 12.6. The number of benzene rings is 2. The first-order valence-corrected chi connectivity index (χ1v) is 8.53. The molecule has 1 aliphatic heterocycles. The van der Waals surface area contributed by atoms with E-state index in [0.717, 1.165) is 5.56 Å². The van der Waals surface area contributed by atoms with Crippen LogP contribution in [0.25, 0.3) is 0 Å². The topological polar surface area (TPSA) is 73.9 Å². The third-order valence-corrected chi connectivity index (χ3v) is 3.97. The van der Waals surface area contributed by atoms with Crippen molar-refractivity contribution in [2.24, 2.45) is 0 Å². The molecule has 1 amide bonds. The maximum absolute atomic E-state index is 11.8. The lowest BCUT2D eigenvalue weighted by molar-refractivity contribution is -0.148. The van der Waals surface area contributed by atoms with E-state index in [2.05, 4.69) is 5.32 Å². The fraction of sp³-hybridized carbons (Fsp3) is 0.263. The highest BCUT2D eigenvalue weighted by Crippen LogP contribution is 2.30. The summed E-state index contributed by atoms with van der Waals surface area (Å²) in [6, 6.07) is 14.2. The zero-order chi connectivity index (χ0) is 18.4. The molecule has 0 saturated carbocycles. The molecular weight excluding hydrogens is 358 g/mol. The van der Waals surface area contributed by atoms with Crippen LogP contribution in [0.15, 0.2) is 48.5 Å². The third kappa shape index (κ3) is 5.13. The summed E-state index contributed by atoms with van der Waals surface area (Å²) in [6.45, 7) is 0.270. The lowest BCUT2D eigenvalue weighted by Gasteiger charge is -2.26. The molecule has 0 aliphatic carbocycles. The monoisotopic (exact) mass is 375 g/mol. The van der Waals surface area contributed by atoms with Crippen molar-refractivity contribution in [3.8, 4) is 11.5 Å². The predicted octanol–water partition coefficient (Wildman–Crippen LogP) is 2.38. The van der Waals surface area contributed by atoms with Crippen LogP contribution in [-0.4, -0.2) is 37.7 Å². The van der Waals surface area contributed by atoms with Crippen molar-refractivity contribution in [3.63, 3.8) is 0 Å². The maximum atomic E-state index is 11.8. The Hall–Kier alpha value is -2.73. The summed E-state index contributed by atoms with van der Waals surface area (Å²) in [4.78, 5) is 23.6. The average molecular weight is 376 g/mol. The molecule has 0 spiro atoms. The van der Waals surface area contributed by atoms with E-state index in [-0.39, 0.29) is 25.7 Å². The number of esters is 1. The number of para-hydroxylation sites is 2. The SMILES string of the molecule is O=C(COC(=O)Cc1ccc(Cl)cc1)NC[C@H]1COc2ccccc2O1. The van der Waals surface area contributed by atoms with Gasteiger partial charge in [-0.15, -0.1) is 0 Å². The number of fused-ring (bicyclic) bond motifs is 1. The average Bonchev–Trinajstić information content (AvgIpc) is 2.66. The number of carbonyl (C=O) groups is 2. The molecule has 2 aromatic carbocycles. The molecule has 6 nitrogen and oxygen atoms in total. The van der Waals surface area contributed by atoms with Gasteiger partial charge in [0, 0.05) is 5.02 Å². The van der Waals surface area contributed by atoms with E-state index in [9.17, 15) is 9.59 Å². The molecule has 0 aromatic heterocycles. The van der Waals surface area contributed by atoms with Crippen LogP contribution in [0.1, 0.15) is 5.56 Å². The first-order valence-electron chi connectivity index (χ1n) is 8.15. The minimum Gasteiger partial charge on any atom is -0.486 e. The van der Waals surface area contributed by atoms with Gasteiger partial charge in [-0.3, -0.25) is 9.59 Å². The summed E-state index contributed by atoms with van der Waals surface area (Å²) in [7, 11) is 0. The van der Waals surface area contributed by atoms with Crippen LogP contribution in [0.5, 0.6) is 11.5 Å². The molecule has 0 bridgehead atoms. The maximum Gasteiger partial charge on any atom is 0.310 e. The summed E-state index contributed by atoms with van der Waals surface area (Å²) in [6.07, 6.45) is -0.209. The van der Waals surface area contributed by atoms with Crippen LogP contribution in [0.3, 0.4) is 0 Å². The van der Waals surface area contributed by atoms with Crippen LogP contribution < -0.4 is 14.8 Å². The van der Waals surface area contributed by atoms with E-state index in [4.69, 9.17) is 25.8 Å². The normalized spacial score (nSPS) is 15.2. The first kappa shape index (κ1) is 18.1. The zero-order valence-electron chi connectivity index (χ0n) is 13.9. The van der Waals surface area contributed by atoms with Crippen molar-refractivity contribution in [2.75, 3.05) is 19.8 Å². The summed E-state index contributed by atoms with van der Waals surface area (Å²) < 4.78 is 16.3. The van der Waals surface area contributed by atoms with E-state index in [0.29, 0.717) is 23.1 Å². The molecule has 0 radical (unpaired) electrons. The number of carbonyl (C=O) groups excluding carboxylic acids is 2. The predicted molar refractivity (Wildman–Crippen MR) is 95.5 cm³/mol. The fourth-order valence-corrected chi connectivity index (χ4v) is 2.53. The summed E-state index contributed by atoms with van der Waals surface area (Å²) in [5.74, 6) is 0.462. The summed E-state index contributed by atoms with van der Waals surface area (Å²) in [5, 5.41) is 3.27. The molecule has 1 atom stereocenters. The largest absolute Gasteiger partial charge is 0.486 e. The molecule has 136 valence electrons. The fourth-order valence-electron chi connectivity index (χ4n) is 2.41. The van der Waals surface area contributed by atoms with Crippen molar-refractivity contribution in [3.05, 3.63) is 59.1 Å². The van der Waals surface area contributed by atoms with Crippen molar-refractivity contribution in [2.45, 2.75) is 12.5 Å². The Kier molecular flexibility index (Phi) is 5.96. The van der Waals surface area contributed by atoms with Crippen molar-refractivity contribution in [1.29, 1.82) is 0 Å². The van der Waals surface area contributed by atoms with Crippen molar-refractivity contribution >= 4 is 23.5 Å². The highest BCUT2D eigenvalue weighted by molar-refractivity contribution is 6.30. The zero-order valence-corrected chi connectivity index (χ0v) is 14.7. The van der Waals surface area contributed by atoms with Gasteiger partial charge in [-0.25, -0.2) is 0 Å². The van der Waals surface area contributed by atoms with Gasteiger partial charge in [0.05, 0.1) is 13.0 Å². The van der Waals surface area contributed by atoms with Crippen LogP contribution in [0.4, 0.5) is 0 Å². The van der Waals surface area contributed by atoms with E-state index in [1.807, 2.05) is 24.3 Å². The molecule has 3 rings (SSSR count). The van der Waals surface area contributed by atoms with Crippen LogP contribution in [0.2, 0.25) is 5.02 Å². The smallest absolute Gasteiger partial charge is 0.310 e. The highest BCUT2D eigenvalue weighted by Gasteiger charge is 2.21. The van der Waals surface area contributed by atoms with Gasteiger partial charge in [-0.1, -0.05) is 35.9 Å². The molecule has 0 unspecified atom stereocenters. The molecular formula is C19H18ClNO5. The molecule has 7 heteroatoms. The molecule has 1 aliphatic rings. The summed E-state index contributed by atoms with van der Waals surface area (Å²) >= 11 is 5.79. The van der Waals surface area contributed by atoms with E-state index in [1.54, 1.807) is 24.3 Å². The second-order valence-corrected chi connectivity index (χ2v) is 6.20. The van der Waals surface area contributed by atoms with Crippen LogP contribution in [0, 0.1) is 0 Å². The minimum absolute atomic E-state index is 0.0841. The van der Waals surface area contributed by atoms with E-state index >= 15 is 0 Å². The van der Waals surface area contributed by atoms with Gasteiger partial charge in [0.25, 0.3) is 5.91 Å². The molecule has 1 N–H and O–H groups in total. The Morgan fingerprint density at radius 1 is 1.12 bits per heavy atom. The summed E-state index contributed by atoms with van der Waals surface area (Å²) in [5.41, 5.74) is 0.770. The lowest BCUT2D eigenvalue weighted by Crippen LogP contribution is -2.42. The number of amides is 1. The van der Waals surface area contributed by atoms with Gasteiger partial charge in [0.15, 0.2) is 18.1 Å². The second kappa shape index (κ2) is 8.58. The van der Waals surface area contributed by atoms with Crippen LogP contribution >= 0.6 is 11.6 Å². The number of rotatable bonds is 6. The van der Waals surface area contributed by atoms with Gasteiger partial charge < -0.3 is 19.5 Å². The lowest BCUT2D eigenvalue weighted by atomic mass is 10.1. The van der Waals surface area contributed by atoms with Gasteiger partial charge in [0.2, 0.25) is 0 Å². The number of hydrogen-bond acceptors (Lipinski definition) is 5. The molecule has 26 heavy (non-hydrogen) atoms. The van der Waals surface area contributed by atoms with Gasteiger partial charge in [-0.2, -0.15) is 0 Å². The molecule has 0 fully saturated rings. The Balaban J connectivity index is 1.37. The Morgan fingerprint density at radius 2 is 1.85 bits per heavy atom. The minimum atomic E-state index is -0.478. The Labute approximate surface area is 156 Å². The standard InChI is InChI=1S/C19H18ClNO5/c20-14-7-5-13(6-8-14)9-19(23)25-12-18(22)21-10-15-11-24-16-3-1-2-4-17(16)26-15/h1-8,15H,9-12H2,(H,21,22)/t15-/m0/s1. The third-order valence-electron chi connectivity index (χ3n) is 3.72. The Bertz CT molecular complexity index is 778. The Morgan fingerprint density at radius 3 is 2.62 bits per heavy atom. The second-order valence-electron chi connectivity index (χ2n) is 5.77. The number of nitrogens with one attached hydrogen (secondary N) is 1. The van der Waals surface area contributed by atoms with Crippen LogP contribution in [-0.2, 0) is 20.7 Å². The quantitative estimate of drug-likeness (QED) is 0.785. The molecule has 2 aromatic rings. The van der Waals surface area contributed by atoms with Gasteiger partial charge in [0.1, 0.15) is 12.7 Å². The van der Waals surface area contributed by atoms with Crippen molar-refractivity contribution in [1.82, 2.24) is 5.32 Å². The molecule has 1 heterocycles. The number of hydrogen-bond donors (Lipinski definition) is 1. The van der Waals surface area contributed by atoms with Gasteiger partial charge >= 0.3 is 5.97 Å². The van der Waals surface area contributed by atoms with E-state index < -0.39 is 11.9 Å². The van der Waals surface area contributed by atoms with E-state index in [1.165, 1.54) is 0 Å². The van der Waals surface area contributed by atoms with Gasteiger partial charge in [-0.05, 0) is 29.8 Å². The highest BCUT2D eigenvalue weighted by atomic mass is 35.5. The molecule has 0 saturated heterocycles. The van der Waals surface area contributed by atoms with Crippen molar-refractivity contribution < 1.29 is 23.8 Å². The number of halogens is 1. The number of ether oxygens (including phenoxy) is 3.